The Labute approximate surface area is 102 Å². The molecule has 1 aliphatic heterocycles. The molecule has 1 aliphatic rings. The number of rotatable bonds is 3. The molecule has 1 heterocycles. The molecule has 0 unspecified atom stereocenters. The number of benzene rings is 1. The van der Waals surface area contributed by atoms with E-state index in [0.717, 1.165) is 15.9 Å². The monoisotopic (exact) mass is 281 g/mol. The molecule has 2 rings (SSSR count). The van der Waals surface area contributed by atoms with Crippen LogP contribution in [0.5, 0.6) is 0 Å². The van der Waals surface area contributed by atoms with E-state index in [1.54, 1.807) is 0 Å². The first-order chi connectivity index (χ1) is 7.70. The summed E-state index contributed by atoms with van der Waals surface area (Å²) in [5.41, 5.74) is 7.08. The molecule has 1 amide bonds. The van der Waals surface area contributed by atoms with Gasteiger partial charge in [-0.15, -0.1) is 0 Å². The molecule has 1 aromatic rings. The van der Waals surface area contributed by atoms with Crippen LogP contribution in [0.15, 0.2) is 33.8 Å². The molecule has 0 aromatic heterocycles. The first-order valence-corrected chi connectivity index (χ1v) is 5.85. The summed E-state index contributed by atoms with van der Waals surface area (Å²) in [5.74, 6) is 0.00144. The fourth-order valence-corrected chi connectivity index (χ4v) is 1.98. The van der Waals surface area contributed by atoms with E-state index in [0.29, 0.717) is 19.4 Å². The number of carbonyl (C=O) groups is 1. The van der Waals surface area contributed by atoms with Crippen LogP contribution in [0.25, 0.3) is 0 Å². The van der Waals surface area contributed by atoms with Crippen molar-refractivity contribution in [2.45, 2.75) is 12.8 Å². The summed E-state index contributed by atoms with van der Waals surface area (Å²) in [6.45, 7) is 0.526. The van der Waals surface area contributed by atoms with Crippen molar-refractivity contribution in [3.63, 3.8) is 0 Å². The standard InChI is InChI=1S/C11H12BrN3O/c12-8-2-1-3-10(6-8)15-11(16)7-9(14-15)4-5-13/h1-3,6H,4-5,7,13H2. The number of hydrazone groups is 1. The Morgan fingerprint density at radius 3 is 3.00 bits per heavy atom. The van der Waals surface area contributed by atoms with E-state index in [9.17, 15) is 4.79 Å². The molecular formula is C11H12BrN3O. The molecule has 1 aromatic carbocycles. The van der Waals surface area contributed by atoms with E-state index < -0.39 is 0 Å². The van der Waals surface area contributed by atoms with Gasteiger partial charge in [0, 0.05) is 16.6 Å². The zero-order chi connectivity index (χ0) is 11.5. The molecule has 0 aliphatic carbocycles. The third-order valence-corrected chi connectivity index (χ3v) is 2.81. The Morgan fingerprint density at radius 2 is 2.31 bits per heavy atom. The van der Waals surface area contributed by atoms with Gasteiger partial charge in [0.15, 0.2) is 0 Å². The van der Waals surface area contributed by atoms with E-state index in [1.165, 1.54) is 5.01 Å². The summed E-state index contributed by atoms with van der Waals surface area (Å²) in [6.07, 6.45) is 1.06. The van der Waals surface area contributed by atoms with E-state index in [2.05, 4.69) is 21.0 Å². The van der Waals surface area contributed by atoms with Crippen LogP contribution in [0.4, 0.5) is 5.69 Å². The number of carbonyl (C=O) groups excluding carboxylic acids is 1. The van der Waals surface area contributed by atoms with E-state index in [-0.39, 0.29) is 5.91 Å². The van der Waals surface area contributed by atoms with E-state index in [1.807, 2.05) is 24.3 Å². The van der Waals surface area contributed by atoms with E-state index >= 15 is 0 Å². The number of hydrogen-bond acceptors (Lipinski definition) is 3. The summed E-state index contributed by atoms with van der Waals surface area (Å²) in [4.78, 5) is 11.7. The molecule has 16 heavy (non-hydrogen) atoms. The lowest BCUT2D eigenvalue weighted by atomic mass is 10.2. The summed E-state index contributed by atoms with van der Waals surface area (Å²) in [5, 5.41) is 5.71. The number of nitrogens with zero attached hydrogens (tertiary/aromatic N) is 2. The van der Waals surface area contributed by atoms with Gasteiger partial charge >= 0.3 is 0 Å². The van der Waals surface area contributed by atoms with Gasteiger partial charge in [-0.25, -0.2) is 5.01 Å². The van der Waals surface area contributed by atoms with Crippen LogP contribution in [0.3, 0.4) is 0 Å². The number of nitrogens with two attached hydrogens (primary N) is 1. The van der Waals surface area contributed by atoms with Crippen molar-refractivity contribution >= 4 is 33.2 Å². The molecule has 0 atom stereocenters. The van der Waals surface area contributed by atoms with Crippen LogP contribution in [0.2, 0.25) is 0 Å². The van der Waals surface area contributed by atoms with Crippen LogP contribution in [-0.4, -0.2) is 18.2 Å². The van der Waals surface area contributed by atoms with E-state index in [4.69, 9.17) is 5.73 Å². The molecule has 0 bridgehead atoms. The number of anilines is 1. The van der Waals surface area contributed by atoms with Crippen molar-refractivity contribution in [1.82, 2.24) is 0 Å². The van der Waals surface area contributed by atoms with Gasteiger partial charge in [-0.1, -0.05) is 22.0 Å². The Balaban J connectivity index is 2.24. The fourth-order valence-electron chi connectivity index (χ4n) is 1.60. The Hall–Kier alpha value is -1.20. The lowest BCUT2D eigenvalue weighted by Crippen LogP contribution is -2.19. The normalized spacial score (nSPS) is 15.5. The maximum atomic E-state index is 11.7. The van der Waals surface area contributed by atoms with Gasteiger partial charge in [0.1, 0.15) is 0 Å². The van der Waals surface area contributed by atoms with Gasteiger partial charge in [0.25, 0.3) is 5.91 Å². The van der Waals surface area contributed by atoms with Crippen LogP contribution in [-0.2, 0) is 4.79 Å². The van der Waals surface area contributed by atoms with Gasteiger partial charge in [0.2, 0.25) is 0 Å². The van der Waals surface area contributed by atoms with Crippen molar-refractivity contribution in [3.8, 4) is 0 Å². The topological polar surface area (TPSA) is 58.7 Å². The summed E-state index contributed by atoms with van der Waals surface area (Å²) in [6, 6.07) is 7.52. The fraction of sp³-hybridized carbons (Fsp3) is 0.273. The third-order valence-electron chi connectivity index (χ3n) is 2.32. The van der Waals surface area contributed by atoms with Gasteiger partial charge < -0.3 is 5.73 Å². The average molecular weight is 282 g/mol. The van der Waals surface area contributed by atoms with Gasteiger partial charge in [-0.05, 0) is 24.7 Å². The largest absolute Gasteiger partial charge is 0.330 e. The predicted molar refractivity (Wildman–Crippen MR) is 67.4 cm³/mol. The lowest BCUT2D eigenvalue weighted by Gasteiger charge is -2.11. The van der Waals surface area contributed by atoms with Crippen LogP contribution in [0, 0.1) is 0 Å². The second kappa shape index (κ2) is 4.76. The zero-order valence-electron chi connectivity index (χ0n) is 8.69. The smallest absolute Gasteiger partial charge is 0.253 e. The van der Waals surface area contributed by atoms with Gasteiger partial charge in [-0.2, -0.15) is 5.10 Å². The third kappa shape index (κ3) is 2.31. The van der Waals surface area contributed by atoms with Gasteiger partial charge in [-0.3, -0.25) is 4.79 Å². The van der Waals surface area contributed by atoms with Crippen LogP contribution >= 0.6 is 15.9 Å². The first-order valence-electron chi connectivity index (χ1n) is 5.05. The second-order valence-electron chi connectivity index (χ2n) is 3.57. The minimum atomic E-state index is 0.00144. The van der Waals surface area contributed by atoms with Crippen molar-refractivity contribution in [2.75, 3.05) is 11.6 Å². The van der Waals surface area contributed by atoms with Crippen molar-refractivity contribution in [2.24, 2.45) is 10.8 Å². The number of hydrogen-bond donors (Lipinski definition) is 1. The average Bonchev–Trinajstić information content (AvgIpc) is 2.60. The molecule has 2 N–H and O–H groups in total. The van der Waals surface area contributed by atoms with Gasteiger partial charge in [0.05, 0.1) is 12.1 Å². The SMILES string of the molecule is NCCC1=NN(c2cccc(Br)c2)C(=O)C1. The minimum absolute atomic E-state index is 0.00144. The first kappa shape index (κ1) is 11.3. The molecule has 84 valence electrons. The quantitative estimate of drug-likeness (QED) is 0.920. The highest BCUT2D eigenvalue weighted by atomic mass is 79.9. The predicted octanol–water partition coefficient (Wildman–Crippen LogP) is 1.89. The Kier molecular flexibility index (Phi) is 3.36. The number of halogens is 1. The number of amides is 1. The molecule has 0 spiro atoms. The maximum absolute atomic E-state index is 11.7. The molecule has 0 fully saturated rings. The zero-order valence-corrected chi connectivity index (χ0v) is 10.3. The Morgan fingerprint density at radius 1 is 1.50 bits per heavy atom. The molecule has 4 nitrogen and oxygen atoms in total. The van der Waals surface area contributed by atoms with Crippen molar-refractivity contribution in [3.05, 3.63) is 28.7 Å². The molecule has 0 radical (unpaired) electrons. The van der Waals surface area contributed by atoms with Crippen LogP contribution < -0.4 is 10.7 Å². The summed E-state index contributed by atoms with van der Waals surface area (Å²) >= 11 is 3.37. The van der Waals surface area contributed by atoms with Crippen molar-refractivity contribution < 1.29 is 4.79 Å². The Bertz CT molecular complexity index is 445. The molecular weight excluding hydrogens is 270 g/mol. The maximum Gasteiger partial charge on any atom is 0.253 e. The highest BCUT2D eigenvalue weighted by Crippen LogP contribution is 2.24. The molecule has 0 saturated heterocycles. The molecule has 0 saturated carbocycles. The second-order valence-corrected chi connectivity index (χ2v) is 4.48. The summed E-state index contributed by atoms with van der Waals surface area (Å²) in [7, 11) is 0. The van der Waals surface area contributed by atoms with Crippen LogP contribution in [0.1, 0.15) is 12.8 Å². The molecule has 5 heteroatoms. The highest BCUT2D eigenvalue weighted by molar-refractivity contribution is 9.10. The lowest BCUT2D eigenvalue weighted by molar-refractivity contribution is -0.116. The summed E-state index contributed by atoms with van der Waals surface area (Å²) < 4.78 is 0.931. The van der Waals surface area contributed by atoms with Crippen molar-refractivity contribution in [1.29, 1.82) is 0 Å². The highest BCUT2D eigenvalue weighted by Gasteiger charge is 2.24. The minimum Gasteiger partial charge on any atom is -0.330 e.